The van der Waals surface area contributed by atoms with Gasteiger partial charge in [0.15, 0.2) is 11.5 Å². The van der Waals surface area contributed by atoms with Gasteiger partial charge in [0.25, 0.3) is 5.91 Å². The van der Waals surface area contributed by atoms with Gasteiger partial charge in [-0.15, -0.1) is 12.3 Å². The number of carbonyl (C=O) groups is 1. The third-order valence-corrected chi connectivity index (χ3v) is 4.27. The zero-order chi connectivity index (χ0) is 18.5. The number of fused-ring (bicyclic) bond motifs is 1. The van der Waals surface area contributed by atoms with Gasteiger partial charge in [0, 0.05) is 12.0 Å². The molecule has 1 aliphatic heterocycles. The van der Waals surface area contributed by atoms with Crippen molar-refractivity contribution in [2.45, 2.75) is 26.0 Å². The molecule has 0 saturated carbocycles. The number of hydroxylamine groups is 2. The Labute approximate surface area is 153 Å². The maximum absolute atomic E-state index is 12.9. The van der Waals surface area contributed by atoms with Crippen molar-refractivity contribution in [1.29, 1.82) is 0 Å². The van der Waals surface area contributed by atoms with E-state index in [0.717, 1.165) is 11.1 Å². The lowest BCUT2D eigenvalue weighted by atomic mass is 10.00. The van der Waals surface area contributed by atoms with Crippen LogP contribution in [0.2, 0.25) is 0 Å². The highest BCUT2D eigenvalue weighted by Gasteiger charge is 2.32. The van der Waals surface area contributed by atoms with Gasteiger partial charge >= 0.3 is 0 Å². The largest absolute Gasteiger partial charge is 0.493 e. The van der Waals surface area contributed by atoms with Gasteiger partial charge in [-0.3, -0.25) is 9.63 Å². The third kappa shape index (κ3) is 3.37. The Morgan fingerprint density at radius 3 is 2.81 bits per heavy atom. The van der Waals surface area contributed by atoms with E-state index in [1.165, 1.54) is 5.06 Å². The number of methoxy groups -OCH3 is 1. The molecule has 1 heterocycles. The number of rotatable bonds is 6. The maximum atomic E-state index is 12.9. The van der Waals surface area contributed by atoms with Crippen molar-refractivity contribution < 1.29 is 19.1 Å². The Balaban J connectivity index is 1.97. The van der Waals surface area contributed by atoms with E-state index in [9.17, 15) is 4.79 Å². The van der Waals surface area contributed by atoms with Gasteiger partial charge < -0.3 is 9.47 Å². The van der Waals surface area contributed by atoms with Crippen molar-refractivity contribution in [3.63, 3.8) is 0 Å². The molecule has 1 unspecified atom stereocenters. The third-order valence-electron chi connectivity index (χ3n) is 4.27. The summed E-state index contributed by atoms with van der Waals surface area (Å²) in [6, 6.07) is 12.6. The molecule has 0 radical (unpaired) electrons. The summed E-state index contributed by atoms with van der Waals surface area (Å²) >= 11 is 0. The summed E-state index contributed by atoms with van der Waals surface area (Å²) < 4.78 is 11.0. The molecule has 1 amide bonds. The van der Waals surface area contributed by atoms with Crippen LogP contribution in [0.25, 0.3) is 0 Å². The first-order valence-electron chi connectivity index (χ1n) is 8.48. The number of ether oxygens (including phenoxy) is 2. The normalized spacial score (nSPS) is 14.3. The molecular formula is C21H21NO4. The molecule has 0 fully saturated rings. The van der Waals surface area contributed by atoms with E-state index < -0.39 is 6.04 Å². The number of nitrogens with zero attached hydrogens (tertiary/aromatic N) is 1. The summed E-state index contributed by atoms with van der Waals surface area (Å²) in [6.45, 7) is 2.74. The van der Waals surface area contributed by atoms with Crippen LogP contribution in [-0.2, 0) is 11.4 Å². The minimum atomic E-state index is -0.411. The molecule has 2 aromatic rings. The van der Waals surface area contributed by atoms with Crippen LogP contribution >= 0.6 is 0 Å². The van der Waals surface area contributed by atoms with Crippen LogP contribution in [0, 0.1) is 12.3 Å². The quantitative estimate of drug-likeness (QED) is 0.744. The van der Waals surface area contributed by atoms with Crippen LogP contribution in [0.4, 0.5) is 0 Å². The van der Waals surface area contributed by atoms with Gasteiger partial charge in [-0.05, 0) is 36.2 Å². The molecule has 0 spiro atoms. The standard InChI is InChI=1S/C21H21NO4/c1-4-8-18(15-11-12-19(24-3)20(13-15)25-5-2)22-21(23)17-10-7-6-9-16(17)14-26-22/h1,6-7,9-13,18H,5,8,14H2,2-3H3. The Hall–Kier alpha value is -2.97. The molecular weight excluding hydrogens is 330 g/mol. The van der Waals surface area contributed by atoms with Crippen LogP contribution < -0.4 is 9.47 Å². The van der Waals surface area contributed by atoms with Crippen LogP contribution in [0.1, 0.15) is 40.9 Å². The van der Waals surface area contributed by atoms with Gasteiger partial charge in [-0.1, -0.05) is 24.3 Å². The Morgan fingerprint density at radius 1 is 1.27 bits per heavy atom. The lowest BCUT2D eigenvalue weighted by molar-refractivity contribution is -0.165. The highest BCUT2D eigenvalue weighted by atomic mass is 16.7. The van der Waals surface area contributed by atoms with E-state index in [0.29, 0.717) is 36.7 Å². The molecule has 2 aromatic carbocycles. The fourth-order valence-corrected chi connectivity index (χ4v) is 3.02. The van der Waals surface area contributed by atoms with Gasteiger partial charge in [0.1, 0.15) is 6.61 Å². The topological polar surface area (TPSA) is 48.0 Å². The molecule has 1 atom stereocenters. The number of amides is 1. The van der Waals surface area contributed by atoms with Crippen molar-refractivity contribution in [3.05, 3.63) is 59.2 Å². The fourth-order valence-electron chi connectivity index (χ4n) is 3.02. The summed E-state index contributed by atoms with van der Waals surface area (Å²) in [6.07, 6.45) is 5.89. The highest BCUT2D eigenvalue weighted by molar-refractivity contribution is 5.95. The smallest absolute Gasteiger partial charge is 0.278 e. The van der Waals surface area contributed by atoms with E-state index in [1.807, 2.05) is 43.3 Å². The number of terminal acetylenes is 1. The first kappa shape index (κ1) is 17.8. The van der Waals surface area contributed by atoms with E-state index in [1.54, 1.807) is 13.2 Å². The predicted octanol–water partition coefficient (Wildman–Crippen LogP) is 3.75. The zero-order valence-electron chi connectivity index (χ0n) is 14.9. The first-order valence-corrected chi connectivity index (χ1v) is 8.48. The molecule has 0 aliphatic carbocycles. The van der Waals surface area contributed by atoms with Crippen molar-refractivity contribution in [1.82, 2.24) is 5.06 Å². The molecule has 26 heavy (non-hydrogen) atoms. The predicted molar refractivity (Wildman–Crippen MR) is 97.8 cm³/mol. The summed E-state index contributed by atoms with van der Waals surface area (Å²) in [5.74, 6) is 3.69. The lowest BCUT2D eigenvalue weighted by Gasteiger charge is -2.34. The molecule has 0 bridgehead atoms. The second kappa shape index (κ2) is 7.94. The number of benzene rings is 2. The van der Waals surface area contributed by atoms with E-state index in [4.69, 9.17) is 20.7 Å². The van der Waals surface area contributed by atoms with Crippen molar-refractivity contribution >= 4 is 5.91 Å². The average Bonchev–Trinajstić information content (AvgIpc) is 2.67. The summed E-state index contributed by atoms with van der Waals surface area (Å²) in [7, 11) is 1.59. The first-order chi connectivity index (χ1) is 12.7. The van der Waals surface area contributed by atoms with Crippen LogP contribution in [0.15, 0.2) is 42.5 Å². The Kier molecular flexibility index (Phi) is 5.45. The number of hydrogen-bond acceptors (Lipinski definition) is 4. The second-order valence-corrected chi connectivity index (χ2v) is 5.83. The minimum Gasteiger partial charge on any atom is -0.493 e. The monoisotopic (exact) mass is 351 g/mol. The molecule has 5 nitrogen and oxygen atoms in total. The Morgan fingerprint density at radius 2 is 2.08 bits per heavy atom. The summed E-state index contributed by atoms with van der Waals surface area (Å²) in [5.41, 5.74) is 2.34. The average molecular weight is 351 g/mol. The highest BCUT2D eigenvalue weighted by Crippen LogP contribution is 2.36. The molecule has 0 N–H and O–H groups in total. The van der Waals surface area contributed by atoms with Crippen molar-refractivity contribution in [2.75, 3.05) is 13.7 Å². The zero-order valence-corrected chi connectivity index (χ0v) is 14.9. The molecule has 3 rings (SSSR count). The number of carbonyl (C=O) groups excluding carboxylic acids is 1. The molecule has 0 saturated heterocycles. The summed E-state index contributed by atoms with van der Waals surface area (Å²) in [5, 5.41) is 1.37. The van der Waals surface area contributed by atoms with E-state index in [2.05, 4.69) is 5.92 Å². The molecule has 134 valence electrons. The van der Waals surface area contributed by atoms with Crippen molar-refractivity contribution in [3.8, 4) is 23.8 Å². The molecule has 1 aliphatic rings. The van der Waals surface area contributed by atoms with Crippen LogP contribution in [0.5, 0.6) is 11.5 Å². The molecule has 5 heteroatoms. The second-order valence-electron chi connectivity index (χ2n) is 5.83. The van der Waals surface area contributed by atoms with Crippen molar-refractivity contribution in [2.24, 2.45) is 0 Å². The SMILES string of the molecule is C#CCC(c1ccc(OC)c(OCC)c1)N1OCc2ccccc2C1=O. The lowest BCUT2D eigenvalue weighted by Crippen LogP contribution is -2.38. The van der Waals surface area contributed by atoms with Gasteiger partial charge in [0.05, 0.1) is 19.8 Å². The minimum absolute atomic E-state index is 0.194. The number of hydrogen-bond donors (Lipinski definition) is 0. The molecule has 0 aromatic heterocycles. The maximum Gasteiger partial charge on any atom is 0.278 e. The Bertz CT molecular complexity index is 840. The summed E-state index contributed by atoms with van der Waals surface area (Å²) in [4.78, 5) is 18.7. The van der Waals surface area contributed by atoms with E-state index >= 15 is 0 Å². The van der Waals surface area contributed by atoms with E-state index in [-0.39, 0.29) is 5.91 Å². The fraction of sp³-hybridized carbons (Fsp3) is 0.286. The van der Waals surface area contributed by atoms with Gasteiger partial charge in [-0.2, -0.15) is 0 Å². The van der Waals surface area contributed by atoms with Gasteiger partial charge in [-0.25, -0.2) is 5.06 Å². The van der Waals surface area contributed by atoms with Gasteiger partial charge in [0.2, 0.25) is 0 Å². The van der Waals surface area contributed by atoms with Crippen LogP contribution in [-0.4, -0.2) is 24.7 Å². The van der Waals surface area contributed by atoms with Crippen LogP contribution in [0.3, 0.4) is 0 Å².